The van der Waals surface area contributed by atoms with Gasteiger partial charge in [0.25, 0.3) is 0 Å². The van der Waals surface area contributed by atoms with Crippen LogP contribution in [0, 0.1) is 11.7 Å². The Bertz CT molecular complexity index is 800. The van der Waals surface area contributed by atoms with Crippen molar-refractivity contribution < 1.29 is 13.9 Å². The van der Waals surface area contributed by atoms with Crippen molar-refractivity contribution in [2.75, 3.05) is 26.7 Å². The predicted octanol–water partition coefficient (Wildman–Crippen LogP) is 3.92. The van der Waals surface area contributed by atoms with Crippen molar-refractivity contribution in [2.24, 2.45) is 5.92 Å². The topological polar surface area (TPSA) is 45.7 Å². The number of rotatable bonds is 8. The fourth-order valence-corrected chi connectivity index (χ4v) is 3.64. The fourth-order valence-electron chi connectivity index (χ4n) is 3.64. The number of halogens is 1. The number of hydrogen-bond donors (Lipinski definition) is 0. The molecule has 0 N–H and O–H groups in total. The molecular formula is C24H32FN3O2. The van der Waals surface area contributed by atoms with Crippen LogP contribution < -0.4 is 4.74 Å². The van der Waals surface area contributed by atoms with Gasteiger partial charge in [0.15, 0.2) is 0 Å². The van der Waals surface area contributed by atoms with Crippen molar-refractivity contribution in [3.63, 3.8) is 0 Å². The molecule has 0 spiro atoms. The van der Waals surface area contributed by atoms with Crippen molar-refractivity contribution >= 4 is 5.91 Å². The van der Waals surface area contributed by atoms with Gasteiger partial charge < -0.3 is 14.5 Å². The van der Waals surface area contributed by atoms with Crippen LogP contribution in [0.5, 0.6) is 5.75 Å². The number of carbonyl (C=O) groups excluding carboxylic acids is 1. The third-order valence-corrected chi connectivity index (χ3v) is 5.43. The summed E-state index contributed by atoms with van der Waals surface area (Å²) in [4.78, 5) is 21.6. The van der Waals surface area contributed by atoms with E-state index in [1.54, 1.807) is 6.07 Å². The van der Waals surface area contributed by atoms with E-state index < -0.39 is 0 Å². The second-order valence-electron chi connectivity index (χ2n) is 8.55. The lowest BCUT2D eigenvalue weighted by molar-refractivity contribution is -0.134. The molecule has 5 nitrogen and oxygen atoms in total. The molecule has 1 aliphatic heterocycles. The summed E-state index contributed by atoms with van der Waals surface area (Å²) in [5, 5.41) is 0. The highest BCUT2D eigenvalue weighted by Gasteiger charge is 2.27. The maximum atomic E-state index is 13.2. The number of benzene rings is 1. The van der Waals surface area contributed by atoms with E-state index in [9.17, 15) is 9.18 Å². The molecule has 0 bridgehead atoms. The Morgan fingerprint density at radius 2 is 1.90 bits per heavy atom. The molecule has 0 atom stereocenters. The molecule has 6 heteroatoms. The van der Waals surface area contributed by atoms with Gasteiger partial charge in [0.2, 0.25) is 5.91 Å². The predicted molar refractivity (Wildman–Crippen MR) is 116 cm³/mol. The molecule has 3 rings (SSSR count). The first-order chi connectivity index (χ1) is 14.4. The number of ether oxygens (including phenoxy) is 1. The minimum atomic E-state index is -0.365. The highest BCUT2D eigenvalue weighted by atomic mass is 19.1. The van der Waals surface area contributed by atoms with E-state index in [0.717, 1.165) is 37.2 Å². The fraction of sp³-hybridized carbons (Fsp3) is 0.500. The maximum absolute atomic E-state index is 13.2. The van der Waals surface area contributed by atoms with Gasteiger partial charge in [-0.3, -0.25) is 9.78 Å². The molecule has 1 aliphatic rings. The lowest BCUT2D eigenvalue weighted by Gasteiger charge is -2.37. The van der Waals surface area contributed by atoms with E-state index in [-0.39, 0.29) is 17.8 Å². The Kier molecular flexibility index (Phi) is 7.80. The number of pyridine rings is 1. The first-order valence-electron chi connectivity index (χ1n) is 10.7. The second kappa shape index (κ2) is 10.5. The highest BCUT2D eigenvalue weighted by molar-refractivity contribution is 5.79. The second-order valence-corrected chi connectivity index (χ2v) is 8.55. The highest BCUT2D eigenvalue weighted by Crippen LogP contribution is 2.20. The van der Waals surface area contributed by atoms with E-state index in [1.165, 1.54) is 12.3 Å². The van der Waals surface area contributed by atoms with Crippen LogP contribution in [0.2, 0.25) is 0 Å². The molecule has 1 amide bonds. The van der Waals surface area contributed by atoms with Crippen molar-refractivity contribution in [3.8, 4) is 5.75 Å². The molecule has 30 heavy (non-hydrogen) atoms. The molecule has 0 radical (unpaired) electrons. The van der Waals surface area contributed by atoms with Crippen molar-refractivity contribution in [3.05, 3.63) is 59.7 Å². The summed E-state index contributed by atoms with van der Waals surface area (Å²) in [6, 6.07) is 11.0. The molecule has 2 heterocycles. The summed E-state index contributed by atoms with van der Waals surface area (Å²) in [7, 11) is 2.10. The third kappa shape index (κ3) is 6.52. The van der Waals surface area contributed by atoms with E-state index in [4.69, 9.17) is 4.74 Å². The van der Waals surface area contributed by atoms with Gasteiger partial charge in [0, 0.05) is 6.04 Å². The number of hydrogen-bond acceptors (Lipinski definition) is 4. The molecule has 1 aromatic carbocycles. The zero-order valence-corrected chi connectivity index (χ0v) is 18.2. The van der Waals surface area contributed by atoms with Crippen molar-refractivity contribution in [1.82, 2.24) is 14.8 Å². The Morgan fingerprint density at radius 3 is 2.50 bits per heavy atom. The van der Waals surface area contributed by atoms with Gasteiger partial charge in [0.05, 0.1) is 31.5 Å². The summed E-state index contributed by atoms with van der Waals surface area (Å²) in [6.07, 6.45) is 3.41. The molecule has 1 aromatic heterocycles. The Labute approximate surface area is 178 Å². The molecule has 1 saturated heterocycles. The van der Waals surface area contributed by atoms with Gasteiger partial charge in [0.1, 0.15) is 11.6 Å². The lowest BCUT2D eigenvalue weighted by Crippen LogP contribution is -2.46. The standard InChI is InChI=1S/C24H32FN3O2/c1-18(2)17-30-23-8-4-19(5-9-23)14-24(29)28(22-10-12-27(3)13-11-22)16-21-7-6-20(25)15-26-21/h4-9,15,18,22H,10-14,16-17H2,1-3H3. The van der Waals surface area contributed by atoms with Crippen LogP contribution in [0.4, 0.5) is 4.39 Å². The monoisotopic (exact) mass is 413 g/mol. The summed E-state index contributed by atoms with van der Waals surface area (Å²) in [6.45, 7) is 7.23. The molecule has 0 saturated carbocycles. The van der Waals surface area contributed by atoms with E-state index in [1.807, 2.05) is 29.2 Å². The lowest BCUT2D eigenvalue weighted by atomic mass is 10.0. The molecule has 2 aromatic rings. The Balaban J connectivity index is 1.68. The van der Waals surface area contributed by atoms with E-state index in [2.05, 4.69) is 30.8 Å². The number of amides is 1. The van der Waals surface area contributed by atoms with E-state index in [0.29, 0.717) is 31.2 Å². The quantitative estimate of drug-likeness (QED) is 0.658. The maximum Gasteiger partial charge on any atom is 0.227 e. The molecule has 162 valence electrons. The smallest absolute Gasteiger partial charge is 0.227 e. The number of piperidine rings is 1. The van der Waals surface area contributed by atoms with Gasteiger partial charge >= 0.3 is 0 Å². The zero-order valence-electron chi connectivity index (χ0n) is 18.2. The van der Waals surface area contributed by atoms with Gasteiger partial charge in [-0.05, 0) is 68.7 Å². The largest absolute Gasteiger partial charge is 0.493 e. The normalized spacial score (nSPS) is 15.4. The molecular weight excluding hydrogens is 381 g/mol. The summed E-state index contributed by atoms with van der Waals surface area (Å²) >= 11 is 0. The van der Waals surface area contributed by atoms with Gasteiger partial charge in [-0.1, -0.05) is 26.0 Å². The summed E-state index contributed by atoms with van der Waals surface area (Å²) in [5.74, 6) is 0.999. The van der Waals surface area contributed by atoms with Gasteiger partial charge in [-0.2, -0.15) is 0 Å². The molecule has 0 aliphatic carbocycles. The minimum absolute atomic E-state index is 0.0755. The van der Waals surface area contributed by atoms with Gasteiger partial charge in [-0.25, -0.2) is 4.39 Å². The average Bonchev–Trinajstić information content (AvgIpc) is 2.73. The van der Waals surface area contributed by atoms with Crippen molar-refractivity contribution in [2.45, 2.75) is 45.7 Å². The Hall–Kier alpha value is -2.47. The van der Waals surface area contributed by atoms with Crippen LogP contribution >= 0.6 is 0 Å². The Morgan fingerprint density at radius 1 is 1.20 bits per heavy atom. The minimum Gasteiger partial charge on any atom is -0.493 e. The number of likely N-dealkylation sites (tertiary alicyclic amines) is 1. The third-order valence-electron chi connectivity index (χ3n) is 5.43. The molecule has 0 unspecified atom stereocenters. The summed E-state index contributed by atoms with van der Waals surface area (Å²) in [5.41, 5.74) is 1.67. The van der Waals surface area contributed by atoms with Crippen LogP contribution in [-0.4, -0.2) is 53.5 Å². The van der Waals surface area contributed by atoms with Crippen LogP contribution in [0.25, 0.3) is 0 Å². The van der Waals surface area contributed by atoms with Crippen LogP contribution in [-0.2, 0) is 17.8 Å². The summed E-state index contributed by atoms with van der Waals surface area (Å²) < 4.78 is 19.0. The first-order valence-corrected chi connectivity index (χ1v) is 10.7. The number of aromatic nitrogens is 1. The molecule has 1 fully saturated rings. The SMILES string of the molecule is CC(C)COc1ccc(CC(=O)N(Cc2ccc(F)cn2)C2CCN(C)CC2)cc1. The number of carbonyl (C=O) groups is 1. The van der Waals surface area contributed by atoms with Crippen LogP contribution in [0.3, 0.4) is 0 Å². The van der Waals surface area contributed by atoms with Crippen molar-refractivity contribution in [1.29, 1.82) is 0 Å². The van der Waals surface area contributed by atoms with Crippen LogP contribution in [0.1, 0.15) is 37.9 Å². The first kappa shape index (κ1) is 22.2. The number of nitrogens with zero attached hydrogens (tertiary/aromatic N) is 3. The average molecular weight is 414 g/mol. The van der Waals surface area contributed by atoms with Gasteiger partial charge in [-0.15, -0.1) is 0 Å². The zero-order chi connectivity index (χ0) is 21.5. The van der Waals surface area contributed by atoms with Crippen LogP contribution in [0.15, 0.2) is 42.6 Å². The van der Waals surface area contributed by atoms with E-state index >= 15 is 0 Å².